The summed E-state index contributed by atoms with van der Waals surface area (Å²) in [6.07, 6.45) is 4.11. The number of piperidine rings is 1. The molecule has 1 atom stereocenters. The van der Waals surface area contributed by atoms with Crippen LogP contribution in [0.15, 0.2) is 24.7 Å². The number of aryl methyl sites for hydroxylation is 1. The fourth-order valence-corrected chi connectivity index (χ4v) is 4.91. The van der Waals surface area contributed by atoms with E-state index in [9.17, 15) is 9.59 Å². The molecular formula is C24H29N5O5S. The fourth-order valence-electron chi connectivity index (χ4n) is 3.85. The summed E-state index contributed by atoms with van der Waals surface area (Å²) >= 11 is 1.26. The van der Waals surface area contributed by atoms with Gasteiger partial charge in [0, 0.05) is 12.7 Å². The number of aromatic nitrogens is 3. The van der Waals surface area contributed by atoms with E-state index >= 15 is 0 Å². The molecule has 11 heteroatoms. The Labute approximate surface area is 207 Å². The Morgan fingerprint density at radius 3 is 2.77 bits per heavy atom. The van der Waals surface area contributed by atoms with Gasteiger partial charge in [-0.25, -0.2) is 24.5 Å². The molecule has 0 radical (unpaired) electrons. The second-order valence-corrected chi connectivity index (χ2v) is 10.2. The van der Waals surface area contributed by atoms with Crippen molar-refractivity contribution < 1.29 is 23.8 Å². The fraction of sp³-hybridized carbons (Fsp3) is 0.458. The van der Waals surface area contributed by atoms with Crippen LogP contribution < -0.4 is 10.1 Å². The van der Waals surface area contributed by atoms with Gasteiger partial charge < -0.3 is 24.4 Å². The quantitative estimate of drug-likeness (QED) is 0.499. The van der Waals surface area contributed by atoms with Gasteiger partial charge in [-0.15, -0.1) is 11.3 Å². The van der Waals surface area contributed by atoms with Crippen LogP contribution in [0.2, 0.25) is 0 Å². The van der Waals surface area contributed by atoms with Gasteiger partial charge in [0.05, 0.1) is 19.0 Å². The minimum Gasteiger partial charge on any atom is -0.471 e. The lowest BCUT2D eigenvalue weighted by molar-refractivity contribution is 0.00732. The summed E-state index contributed by atoms with van der Waals surface area (Å²) in [5.74, 6) is 0.529. The molecule has 4 rings (SSSR count). The number of nitrogens with one attached hydrogen (secondary N) is 1. The number of pyridine rings is 1. The molecule has 1 fully saturated rings. The third-order valence-corrected chi connectivity index (χ3v) is 6.61. The van der Waals surface area contributed by atoms with Gasteiger partial charge in [0.2, 0.25) is 5.88 Å². The predicted octanol–water partition coefficient (Wildman–Crippen LogP) is 4.70. The van der Waals surface area contributed by atoms with Crippen molar-refractivity contribution in [2.75, 3.05) is 25.5 Å². The zero-order valence-corrected chi connectivity index (χ0v) is 21.3. The van der Waals surface area contributed by atoms with Gasteiger partial charge in [0.1, 0.15) is 39.2 Å². The van der Waals surface area contributed by atoms with Gasteiger partial charge in [-0.2, -0.15) is 0 Å². The number of anilines is 2. The van der Waals surface area contributed by atoms with Crippen molar-refractivity contribution in [1.82, 2.24) is 19.9 Å². The molecule has 0 spiro atoms. The highest BCUT2D eigenvalue weighted by molar-refractivity contribution is 7.20. The molecule has 10 nitrogen and oxygen atoms in total. The van der Waals surface area contributed by atoms with Crippen molar-refractivity contribution in [3.63, 3.8) is 0 Å². The van der Waals surface area contributed by atoms with Crippen LogP contribution in [0.5, 0.6) is 5.88 Å². The minimum absolute atomic E-state index is 0.231. The smallest absolute Gasteiger partial charge is 0.410 e. The number of esters is 1. The molecule has 186 valence electrons. The molecule has 0 saturated carbocycles. The number of hydrogen-bond donors (Lipinski definition) is 1. The number of hydrogen-bond acceptors (Lipinski definition) is 10. The van der Waals surface area contributed by atoms with Crippen LogP contribution >= 0.6 is 11.3 Å². The summed E-state index contributed by atoms with van der Waals surface area (Å²) in [7, 11) is 1.35. The molecule has 1 aliphatic rings. The Morgan fingerprint density at radius 1 is 1.23 bits per heavy atom. The van der Waals surface area contributed by atoms with E-state index in [2.05, 4.69) is 20.3 Å². The summed E-state index contributed by atoms with van der Waals surface area (Å²) < 4.78 is 16.6. The lowest BCUT2D eigenvalue weighted by Gasteiger charge is -2.34. The van der Waals surface area contributed by atoms with Gasteiger partial charge in [-0.1, -0.05) is 0 Å². The standard InChI is InChI=1S/C24H29N5O5S/c1-14-17-19(26-13-27-21(17)35-18(14)22(30)32-5)28-16-9-6-10-25-20(16)33-15-8-7-11-29(12-15)23(31)34-24(2,3)4/h6,9-10,13,15H,7-8,11-12H2,1-5H3,(H,26,27,28). The van der Waals surface area contributed by atoms with E-state index in [1.807, 2.05) is 33.8 Å². The second kappa shape index (κ2) is 10.0. The Balaban J connectivity index is 1.55. The normalized spacial score (nSPS) is 16.1. The number of likely N-dealkylation sites (tertiary alicyclic amines) is 1. The highest BCUT2D eigenvalue weighted by atomic mass is 32.1. The second-order valence-electron chi connectivity index (χ2n) is 9.24. The van der Waals surface area contributed by atoms with E-state index in [4.69, 9.17) is 14.2 Å². The van der Waals surface area contributed by atoms with Gasteiger partial charge in [-0.05, 0) is 58.2 Å². The number of thiophene rings is 1. The lowest BCUT2D eigenvalue weighted by atomic mass is 10.1. The van der Waals surface area contributed by atoms with E-state index in [0.717, 1.165) is 23.8 Å². The van der Waals surface area contributed by atoms with Crippen LogP contribution in [0.25, 0.3) is 10.2 Å². The van der Waals surface area contributed by atoms with Crippen LogP contribution in [-0.4, -0.2) is 63.8 Å². The molecule has 3 aromatic rings. The summed E-state index contributed by atoms with van der Waals surface area (Å²) in [4.78, 5) is 40.6. The van der Waals surface area contributed by atoms with E-state index in [0.29, 0.717) is 40.2 Å². The number of fused-ring (bicyclic) bond motifs is 1. The van der Waals surface area contributed by atoms with Crippen molar-refractivity contribution in [3.05, 3.63) is 35.1 Å². The van der Waals surface area contributed by atoms with E-state index in [1.165, 1.54) is 24.8 Å². The zero-order valence-electron chi connectivity index (χ0n) is 20.5. The number of ether oxygens (including phenoxy) is 3. The van der Waals surface area contributed by atoms with Crippen molar-refractivity contribution >= 4 is 45.1 Å². The molecule has 1 unspecified atom stereocenters. The Bertz CT molecular complexity index is 1240. The monoisotopic (exact) mass is 499 g/mol. The summed E-state index contributed by atoms with van der Waals surface area (Å²) in [5.41, 5.74) is 0.804. The molecule has 1 aliphatic heterocycles. The van der Waals surface area contributed by atoms with Crippen LogP contribution in [0.1, 0.15) is 48.8 Å². The van der Waals surface area contributed by atoms with Crippen molar-refractivity contribution in [2.24, 2.45) is 0 Å². The molecule has 35 heavy (non-hydrogen) atoms. The van der Waals surface area contributed by atoms with Gasteiger partial charge in [0.15, 0.2) is 0 Å². The van der Waals surface area contributed by atoms with Crippen molar-refractivity contribution in [1.29, 1.82) is 0 Å². The highest BCUT2D eigenvalue weighted by Gasteiger charge is 2.29. The average Bonchev–Trinajstić information content (AvgIpc) is 3.16. The molecule has 1 saturated heterocycles. The van der Waals surface area contributed by atoms with Gasteiger partial charge in [0.25, 0.3) is 0 Å². The Morgan fingerprint density at radius 2 is 2.03 bits per heavy atom. The zero-order chi connectivity index (χ0) is 25.2. The summed E-state index contributed by atoms with van der Waals surface area (Å²) in [6.45, 7) is 8.43. The van der Waals surface area contributed by atoms with Crippen molar-refractivity contribution in [2.45, 2.75) is 52.2 Å². The van der Waals surface area contributed by atoms with E-state index in [1.54, 1.807) is 17.2 Å². The maximum atomic E-state index is 12.5. The first-order chi connectivity index (χ1) is 16.7. The predicted molar refractivity (Wildman–Crippen MR) is 132 cm³/mol. The summed E-state index contributed by atoms with van der Waals surface area (Å²) in [5, 5.41) is 4.03. The Kier molecular flexibility index (Phi) is 7.06. The van der Waals surface area contributed by atoms with E-state index < -0.39 is 11.6 Å². The first-order valence-electron chi connectivity index (χ1n) is 11.4. The van der Waals surface area contributed by atoms with Gasteiger partial charge >= 0.3 is 12.1 Å². The molecule has 4 heterocycles. The third kappa shape index (κ3) is 5.61. The number of carbonyl (C=O) groups excluding carboxylic acids is 2. The molecule has 1 N–H and O–H groups in total. The van der Waals surface area contributed by atoms with Crippen LogP contribution in [0, 0.1) is 6.92 Å². The molecule has 1 amide bonds. The number of methoxy groups -OCH3 is 1. The van der Waals surface area contributed by atoms with Gasteiger partial charge in [-0.3, -0.25) is 0 Å². The van der Waals surface area contributed by atoms with E-state index in [-0.39, 0.29) is 12.2 Å². The Hall–Kier alpha value is -3.47. The SMILES string of the molecule is COC(=O)c1sc2ncnc(Nc3cccnc3OC3CCCN(C(=O)OC(C)(C)C)C3)c2c1C. The van der Waals surface area contributed by atoms with Crippen LogP contribution in [0.4, 0.5) is 16.3 Å². The van der Waals surface area contributed by atoms with Crippen LogP contribution in [-0.2, 0) is 9.47 Å². The largest absolute Gasteiger partial charge is 0.471 e. The first-order valence-corrected chi connectivity index (χ1v) is 12.2. The number of nitrogens with zero attached hydrogens (tertiary/aromatic N) is 4. The summed E-state index contributed by atoms with van der Waals surface area (Å²) in [6, 6.07) is 3.63. The number of carbonyl (C=O) groups is 2. The van der Waals surface area contributed by atoms with Crippen molar-refractivity contribution in [3.8, 4) is 5.88 Å². The molecular weight excluding hydrogens is 470 g/mol. The highest BCUT2D eigenvalue weighted by Crippen LogP contribution is 2.36. The average molecular weight is 500 g/mol. The van der Waals surface area contributed by atoms with Crippen LogP contribution in [0.3, 0.4) is 0 Å². The lowest BCUT2D eigenvalue weighted by Crippen LogP contribution is -2.46. The maximum Gasteiger partial charge on any atom is 0.410 e. The maximum absolute atomic E-state index is 12.5. The molecule has 3 aromatic heterocycles. The first kappa shape index (κ1) is 24.6. The number of rotatable bonds is 5. The molecule has 0 aliphatic carbocycles. The molecule has 0 aromatic carbocycles. The number of amides is 1. The minimum atomic E-state index is -0.556. The molecule has 0 bridgehead atoms. The topological polar surface area (TPSA) is 116 Å². The third-order valence-electron chi connectivity index (χ3n) is 5.43.